The number of aryl methyl sites for hydroxylation is 1. The van der Waals surface area contributed by atoms with Gasteiger partial charge in [0.05, 0.1) is 17.1 Å². The fourth-order valence-corrected chi connectivity index (χ4v) is 3.56. The van der Waals surface area contributed by atoms with Gasteiger partial charge in [-0.05, 0) is 36.8 Å². The zero-order valence-electron chi connectivity index (χ0n) is 12.4. The molecule has 0 saturated heterocycles. The van der Waals surface area contributed by atoms with Gasteiger partial charge >= 0.3 is 0 Å². The molecule has 1 saturated carbocycles. The van der Waals surface area contributed by atoms with Crippen LogP contribution in [0.15, 0.2) is 24.3 Å². The number of nitrogens with zero attached hydrogens (tertiary/aromatic N) is 2. The molecule has 1 aliphatic carbocycles. The van der Waals surface area contributed by atoms with Gasteiger partial charge in [-0.25, -0.2) is 4.98 Å². The van der Waals surface area contributed by atoms with Crippen LogP contribution in [0.25, 0.3) is 11.0 Å². The van der Waals surface area contributed by atoms with Crippen molar-refractivity contribution in [3.63, 3.8) is 0 Å². The van der Waals surface area contributed by atoms with E-state index < -0.39 is 0 Å². The van der Waals surface area contributed by atoms with Crippen LogP contribution in [0.3, 0.4) is 0 Å². The maximum Gasteiger partial charge on any atom is 0.112 e. The summed E-state index contributed by atoms with van der Waals surface area (Å²) in [6.07, 6.45) is 5.30. The van der Waals surface area contributed by atoms with Crippen molar-refractivity contribution in [2.24, 2.45) is 18.9 Å². The van der Waals surface area contributed by atoms with Crippen LogP contribution in [0.5, 0.6) is 0 Å². The van der Waals surface area contributed by atoms with Crippen molar-refractivity contribution >= 4 is 11.0 Å². The van der Waals surface area contributed by atoms with Crippen molar-refractivity contribution in [1.29, 1.82) is 0 Å². The summed E-state index contributed by atoms with van der Waals surface area (Å²) >= 11 is 0. The Hall–Kier alpha value is -1.35. The molecule has 3 nitrogen and oxygen atoms in total. The third-order valence-corrected chi connectivity index (χ3v) is 4.79. The fourth-order valence-electron chi connectivity index (χ4n) is 3.56. The highest BCUT2D eigenvalue weighted by molar-refractivity contribution is 5.75. The molecule has 2 aromatic rings. The first-order chi connectivity index (χ1) is 9.65. The molecular formula is C17H24N2O. The van der Waals surface area contributed by atoms with Gasteiger partial charge in [0.2, 0.25) is 0 Å². The third-order valence-electron chi connectivity index (χ3n) is 4.79. The molecule has 3 rings (SSSR count). The molecule has 1 aliphatic rings. The zero-order chi connectivity index (χ0) is 14.1. The number of hydrogen-bond donors (Lipinski definition) is 1. The lowest BCUT2D eigenvalue weighted by Gasteiger charge is -2.30. The number of fused-ring (bicyclic) bond motifs is 1. The zero-order valence-corrected chi connectivity index (χ0v) is 12.4. The van der Waals surface area contributed by atoms with E-state index in [4.69, 9.17) is 0 Å². The Labute approximate surface area is 120 Å². The van der Waals surface area contributed by atoms with Gasteiger partial charge in [0, 0.05) is 13.5 Å². The normalized spacial score (nSPS) is 24.9. The van der Waals surface area contributed by atoms with Crippen LogP contribution in [0.1, 0.15) is 38.4 Å². The topological polar surface area (TPSA) is 38.1 Å². The summed E-state index contributed by atoms with van der Waals surface area (Å²) in [6.45, 7) is 2.30. The van der Waals surface area contributed by atoms with Crippen molar-refractivity contribution in [3.05, 3.63) is 30.1 Å². The summed E-state index contributed by atoms with van der Waals surface area (Å²) in [4.78, 5) is 4.67. The van der Waals surface area contributed by atoms with Crippen LogP contribution in [-0.2, 0) is 13.5 Å². The average molecular weight is 272 g/mol. The number of rotatable bonds is 3. The van der Waals surface area contributed by atoms with E-state index in [2.05, 4.69) is 22.5 Å². The minimum absolute atomic E-state index is 0.256. The van der Waals surface area contributed by atoms with E-state index in [-0.39, 0.29) is 6.10 Å². The van der Waals surface area contributed by atoms with E-state index >= 15 is 0 Å². The molecule has 3 heteroatoms. The molecule has 0 bridgehead atoms. The average Bonchev–Trinajstić information content (AvgIpc) is 2.76. The first-order valence-electron chi connectivity index (χ1n) is 7.73. The van der Waals surface area contributed by atoms with Gasteiger partial charge < -0.3 is 9.67 Å². The summed E-state index contributed by atoms with van der Waals surface area (Å²) in [5.41, 5.74) is 2.17. The number of benzene rings is 1. The minimum atomic E-state index is -0.256. The van der Waals surface area contributed by atoms with Crippen LogP contribution >= 0.6 is 0 Å². The molecule has 20 heavy (non-hydrogen) atoms. The van der Waals surface area contributed by atoms with Crippen molar-refractivity contribution in [1.82, 2.24) is 9.55 Å². The van der Waals surface area contributed by atoms with Crippen molar-refractivity contribution in [2.45, 2.75) is 45.1 Å². The van der Waals surface area contributed by atoms with E-state index in [0.717, 1.165) is 35.6 Å². The number of aliphatic hydroxyl groups excluding tert-OH is 1. The maximum absolute atomic E-state index is 10.5. The van der Waals surface area contributed by atoms with Gasteiger partial charge in [0.1, 0.15) is 5.82 Å². The molecule has 1 fully saturated rings. The molecule has 1 aromatic carbocycles. The maximum atomic E-state index is 10.5. The molecule has 1 aromatic heterocycles. The molecule has 1 heterocycles. The standard InChI is InChI=1S/C17H24N2O/c1-12-6-5-7-13(10-12)16(20)11-17-18-14-8-3-4-9-15(14)19(17)2/h3-4,8-9,12-13,16,20H,5-7,10-11H2,1-2H3. The minimum Gasteiger partial charge on any atom is -0.392 e. The quantitative estimate of drug-likeness (QED) is 0.931. The summed E-state index contributed by atoms with van der Waals surface area (Å²) in [6, 6.07) is 8.17. The Kier molecular flexibility index (Phi) is 3.79. The Morgan fingerprint density at radius 1 is 1.35 bits per heavy atom. The number of imidazole rings is 1. The van der Waals surface area contributed by atoms with E-state index in [1.54, 1.807) is 0 Å². The molecule has 0 radical (unpaired) electrons. The molecule has 0 amide bonds. The Morgan fingerprint density at radius 3 is 2.90 bits per heavy atom. The monoisotopic (exact) mass is 272 g/mol. The highest BCUT2D eigenvalue weighted by atomic mass is 16.3. The SMILES string of the molecule is CC1CCCC(C(O)Cc2nc3ccccc3n2C)C1. The van der Waals surface area contributed by atoms with Crippen LogP contribution < -0.4 is 0 Å². The lowest BCUT2D eigenvalue weighted by molar-refractivity contribution is 0.0700. The second-order valence-electron chi connectivity index (χ2n) is 6.38. The molecule has 0 spiro atoms. The second-order valence-corrected chi connectivity index (χ2v) is 6.38. The van der Waals surface area contributed by atoms with E-state index in [9.17, 15) is 5.11 Å². The van der Waals surface area contributed by atoms with Crippen molar-refractivity contribution in [2.75, 3.05) is 0 Å². The van der Waals surface area contributed by atoms with E-state index in [1.807, 2.05) is 25.2 Å². The van der Waals surface area contributed by atoms with Gasteiger partial charge in [-0.1, -0.05) is 31.9 Å². The van der Waals surface area contributed by atoms with Gasteiger partial charge in [0.25, 0.3) is 0 Å². The Morgan fingerprint density at radius 2 is 2.15 bits per heavy atom. The van der Waals surface area contributed by atoms with Gasteiger partial charge in [-0.2, -0.15) is 0 Å². The van der Waals surface area contributed by atoms with Crippen molar-refractivity contribution < 1.29 is 5.11 Å². The van der Waals surface area contributed by atoms with Crippen LogP contribution in [-0.4, -0.2) is 20.8 Å². The van der Waals surface area contributed by atoms with Crippen LogP contribution in [0.2, 0.25) is 0 Å². The predicted molar refractivity (Wildman–Crippen MR) is 81.5 cm³/mol. The molecule has 0 aliphatic heterocycles. The van der Waals surface area contributed by atoms with Gasteiger partial charge in [0.15, 0.2) is 0 Å². The van der Waals surface area contributed by atoms with Gasteiger partial charge in [-0.15, -0.1) is 0 Å². The summed E-state index contributed by atoms with van der Waals surface area (Å²) in [5, 5.41) is 10.5. The lowest BCUT2D eigenvalue weighted by atomic mass is 9.79. The molecule has 3 atom stereocenters. The smallest absolute Gasteiger partial charge is 0.112 e. The molecule has 3 unspecified atom stereocenters. The number of para-hydroxylation sites is 2. The van der Waals surface area contributed by atoms with Crippen molar-refractivity contribution in [3.8, 4) is 0 Å². The molecular weight excluding hydrogens is 248 g/mol. The van der Waals surface area contributed by atoms with Crippen LogP contribution in [0, 0.1) is 11.8 Å². The fraction of sp³-hybridized carbons (Fsp3) is 0.588. The number of hydrogen-bond acceptors (Lipinski definition) is 2. The highest BCUT2D eigenvalue weighted by Gasteiger charge is 2.26. The number of aromatic nitrogens is 2. The summed E-state index contributed by atoms with van der Waals surface area (Å²) < 4.78 is 2.12. The Balaban J connectivity index is 1.77. The van der Waals surface area contributed by atoms with E-state index in [1.165, 1.54) is 12.8 Å². The van der Waals surface area contributed by atoms with E-state index in [0.29, 0.717) is 12.3 Å². The first-order valence-corrected chi connectivity index (χ1v) is 7.73. The largest absolute Gasteiger partial charge is 0.392 e. The third kappa shape index (κ3) is 2.59. The molecule has 1 N–H and O–H groups in total. The first kappa shape index (κ1) is 13.6. The lowest BCUT2D eigenvalue weighted by Crippen LogP contribution is -2.28. The predicted octanol–water partition coefficient (Wildman–Crippen LogP) is 3.30. The van der Waals surface area contributed by atoms with Gasteiger partial charge in [-0.3, -0.25) is 0 Å². The summed E-state index contributed by atoms with van der Waals surface area (Å²) in [5.74, 6) is 2.19. The number of aliphatic hydroxyl groups is 1. The second kappa shape index (κ2) is 5.57. The van der Waals surface area contributed by atoms with Crippen LogP contribution in [0.4, 0.5) is 0 Å². The highest BCUT2D eigenvalue weighted by Crippen LogP contribution is 2.32. The molecule has 108 valence electrons. The Bertz CT molecular complexity index is 590. The summed E-state index contributed by atoms with van der Waals surface area (Å²) in [7, 11) is 2.04.